The summed E-state index contributed by atoms with van der Waals surface area (Å²) in [6, 6.07) is 0.161. The Labute approximate surface area is 101 Å². The van der Waals surface area contributed by atoms with E-state index in [1.54, 1.807) is 4.68 Å². The minimum atomic E-state index is 0.0396. The fourth-order valence-corrected chi connectivity index (χ4v) is 1.92. The zero-order valence-electron chi connectivity index (χ0n) is 9.96. The number of aromatic nitrogens is 2. The number of rotatable bonds is 6. The molecule has 1 atom stereocenters. The quantitative estimate of drug-likeness (QED) is 0.779. The summed E-state index contributed by atoms with van der Waals surface area (Å²) < 4.78 is 1.64. The van der Waals surface area contributed by atoms with Crippen molar-refractivity contribution in [2.24, 2.45) is 0 Å². The molecule has 1 aromatic rings. The summed E-state index contributed by atoms with van der Waals surface area (Å²) in [5.74, 6) is 0.0396. The first-order valence-corrected chi connectivity index (χ1v) is 5.95. The Kier molecular flexibility index (Phi) is 4.96. The summed E-state index contributed by atoms with van der Waals surface area (Å²) in [7, 11) is 0. The predicted molar refractivity (Wildman–Crippen MR) is 65.0 cm³/mol. The third-order valence-corrected chi connectivity index (χ3v) is 2.68. The number of ketones is 1. The predicted octanol–water partition coefficient (Wildman–Crippen LogP) is 2.13. The lowest BCUT2D eigenvalue weighted by Gasteiger charge is -2.11. The van der Waals surface area contributed by atoms with E-state index in [-0.39, 0.29) is 11.8 Å². The second-order valence-corrected chi connectivity index (χ2v) is 4.15. The summed E-state index contributed by atoms with van der Waals surface area (Å²) in [5.41, 5.74) is 0.522. The molecule has 1 N–H and O–H groups in total. The van der Waals surface area contributed by atoms with Crippen molar-refractivity contribution < 1.29 is 4.79 Å². The van der Waals surface area contributed by atoms with Crippen LogP contribution in [0.25, 0.3) is 0 Å². The summed E-state index contributed by atoms with van der Waals surface area (Å²) in [5, 5.41) is 7.69. The van der Waals surface area contributed by atoms with E-state index in [0.29, 0.717) is 23.7 Å². The molecule has 0 saturated heterocycles. The van der Waals surface area contributed by atoms with Crippen LogP contribution in [-0.4, -0.2) is 28.2 Å². The molecule has 0 aliphatic heterocycles. The van der Waals surface area contributed by atoms with Crippen LogP contribution >= 0.6 is 11.6 Å². The van der Waals surface area contributed by atoms with E-state index in [9.17, 15) is 4.79 Å². The molecule has 0 saturated carbocycles. The van der Waals surface area contributed by atoms with Crippen LogP contribution in [0.15, 0.2) is 6.20 Å². The van der Waals surface area contributed by atoms with Crippen LogP contribution in [0.4, 0.5) is 0 Å². The number of nitrogens with zero attached hydrogens (tertiary/aromatic N) is 2. The highest BCUT2D eigenvalue weighted by Crippen LogP contribution is 2.17. The number of nitrogens with one attached hydrogen (secondary N) is 1. The van der Waals surface area contributed by atoms with E-state index in [4.69, 9.17) is 11.6 Å². The lowest BCUT2D eigenvalue weighted by Crippen LogP contribution is -2.28. The van der Waals surface area contributed by atoms with E-state index < -0.39 is 0 Å². The number of Topliss-reactive ketones (excluding diaryl/α,β-unsaturated/α-hetero) is 1. The third-order valence-electron chi connectivity index (χ3n) is 2.40. The number of carbonyl (C=O) groups is 1. The average Bonchev–Trinajstić information content (AvgIpc) is 2.59. The molecule has 1 heterocycles. The Morgan fingerprint density at radius 3 is 2.88 bits per heavy atom. The van der Waals surface area contributed by atoms with E-state index in [2.05, 4.69) is 10.4 Å². The Morgan fingerprint density at radius 2 is 2.31 bits per heavy atom. The van der Waals surface area contributed by atoms with Crippen molar-refractivity contribution in [1.82, 2.24) is 15.1 Å². The molecule has 16 heavy (non-hydrogen) atoms. The Morgan fingerprint density at radius 1 is 1.62 bits per heavy atom. The molecule has 0 aromatic carbocycles. The molecular formula is C11H18ClN3O. The molecule has 0 radical (unpaired) electrons. The first kappa shape index (κ1) is 13.2. The summed E-state index contributed by atoms with van der Waals surface area (Å²) in [4.78, 5) is 12.0. The zero-order valence-corrected chi connectivity index (χ0v) is 10.7. The number of hydrogen-bond acceptors (Lipinski definition) is 3. The topological polar surface area (TPSA) is 46.9 Å². The van der Waals surface area contributed by atoms with Crippen molar-refractivity contribution in [3.63, 3.8) is 0 Å². The average molecular weight is 244 g/mol. The van der Waals surface area contributed by atoms with Crippen molar-refractivity contribution in [3.8, 4) is 0 Å². The molecule has 0 aliphatic rings. The van der Waals surface area contributed by atoms with Gasteiger partial charge in [0.1, 0.15) is 5.69 Å². The van der Waals surface area contributed by atoms with Gasteiger partial charge in [-0.15, -0.1) is 0 Å². The summed E-state index contributed by atoms with van der Waals surface area (Å²) in [6.45, 7) is 7.46. The van der Waals surface area contributed by atoms with Gasteiger partial charge in [-0.2, -0.15) is 5.10 Å². The van der Waals surface area contributed by atoms with Crippen molar-refractivity contribution in [2.45, 2.75) is 39.8 Å². The largest absolute Gasteiger partial charge is 0.314 e. The van der Waals surface area contributed by atoms with Crippen molar-refractivity contribution in [1.29, 1.82) is 0 Å². The van der Waals surface area contributed by atoms with Gasteiger partial charge in [0.15, 0.2) is 5.78 Å². The van der Waals surface area contributed by atoms with E-state index in [1.807, 2.05) is 20.8 Å². The van der Waals surface area contributed by atoms with Gasteiger partial charge in [-0.1, -0.05) is 18.5 Å². The normalized spacial score (nSPS) is 12.8. The van der Waals surface area contributed by atoms with Gasteiger partial charge in [0.05, 0.1) is 11.2 Å². The maximum atomic E-state index is 12.0. The SMILES string of the molecule is CCNC(C)CC(=O)c1c(Cl)cnn1CC. The van der Waals surface area contributed by atoms with Crippen LogP contribution in [-0.2, 0) is 6.54 Å². The molecule has 1 rings (SSSR count). The van der Waals surface area contributed by atoms with Crippen molar-refractivity contribution >= 4 is 17.4 Å². The molecule has 1 unspecified atom stereocenters. The first-order valence-electron chi connectivity index (χ1n) is 5.58. The Hall–Kier alpha value is -0.870. The van der Waals surface area contributed by atoms with Gasteiger partial charge in [-0.25, -0.2) is 0 Å². The minimum absolute atomic E-state index is 0.0396. The fourth-order valence-electron chi connectivity index (χ4n) is 1.67. The monoisotopic (exact) mass is 243 g/mol. The highest BCUT2D eigenvalue weighted by Gasteiger charge is 2.18. The van der Waals surface area contributed by atoms with E-state index in [0.717, 1.165) is 6.54 Å². The zero-order chi connectivity index (χ0) is 12.1. The molecular weight excluding hydrogens is 226 g/mol. The number of hydrogen-bond donors (Lipinski definition) is 1. The summed E-state index contributed by atoms with van der Waals surface area (Å²) >= 11 is 5.95. The van der Waals surface area contributed by atoms with Gasteiger partial charge in [-0.05, 0) is 20.4 Å². The highest BCUT2D eigenvalue weighted by atomic mass is 35.5. The van der Waals surface area contributed by atoms with Gasteiger partial charge >= 0.3 is 0 Å². The van der Waals surface area contributed by atoms with E-state index >= 15 is 0 Å². The van der Waals surface area contributed by atoms with Crippen LogP contribution in [0.2, 0.25) is 5.02 Å². The lowest BCUT2D eigenvalue weighted by atomic mass is 10.1. The fraction of sp³-hybridized carbons (Fsp3) is 0.636. The molecule has 0 fully saturated rings. The van der Waals surface area contributed by atoms with Crippen molar-refractivity contribution in [2.75, 3.05) is 6.54 Å². The van der Waals surface area contributed by atoms with Gasteiger partial charge in [0.25, 0.3) is 0 Å². The number of halogens is 1. The van der Waals surface area contributed by atoms with Crippen LogP contribution < -0.4 is 5.32 Å². The minimum Gasteiger partial charge on any atom is -0.314 e. The van der Waals surface area contributed by atoms with Crippen LogP contribution in [0, 0.1) is 0 Å². The van der Waals surface area contributed by atoms with Gasteiger partial charge in [-0.3, -0.25) is 9.48 Å². The second-order valence-electron chi connectivity index (χ2n) is 3.74. The molecule has 90 valence electrons. The maximum absolute atomic E-state index is 12.0. The van der Waals surface area contributed by atoms with Gasteiger partial charge < -0.3 is 5.32 Å². The third kappa shape index (κ3) is 3.06. The molecule has 0 aliphatic carbocycles. The van der Waals surface area contributed by atoms with Gasteiger partial charge in [0.2, 0.25) is 0 Å². The smallest absolute Gasteiger partial charge is 0.183 e. The second kappa shape index (κ2) is 6.01. The Balaban J connectivity index is 2.75. The van der Waals surface area contributed by atoms with Gasteiger partial charge in [0, 0.05) is 19.0 Å². The molecule has 0 bridgehead atoms. The van der Waals surface area contributed by atoms with E-state index in [1.165, 1.54) is 6.20 Å². The standard InChI is InChI=1S/C11H18ClN3O/c1-4-13-8(3)6-10(16)11-9(12)7-14-15(11)5-2/h7-8,13H,4-6H2,1-3H3. The maximum Gasteiger partial charge on any atom is 0.183 e. The Bertz CT molecular complexity index is 362. The molecule has 4 nitrogen and oxygen atoms in total. The van der Waals surface area contributed by atoms with Crippen molar-refractivity contribution in [3.05, 3.63) is 16.9 Å². The molecule has 0 amide bonds. The first-order chi connectivity index (χ1) is 7.60. The lowest BCUT2D eigenvalue weighted by molar-refractivity contribution is 0.0961. The van der Waals surface area contributed by atoms with Crippen LogP contribution in [0.5, 0.6) is 0 Å². The summed E-state index contributed by atoms with van der Waals surface area (Å²) in [6.07, 6.45) is 1.97. The number of carbonyl (C=O) groups excluding carboxylic acids is 1. The molecule has 1 aromatic heterocycles. The molecule has 0 spiro atoms. The molecule has 5 heteroatoms. The van der Waals surface area contributed by atoms with Crippen LogP contribution in [0.1, 0.15) is 37.7 Å². The van der Waals surface area contributed by atoms with Crippen LogP contribution in [0.3, 0.4) is 0 Å². The number of aryl methyl sites for hydroxylation is 1. The highest BCUT2D eigenvalue weighted by molar-refractivity contribution is 6.33.